The highest BCUT2D eigenvalue weighted by Gasteiger charge is 2.31. The fourth-order valence-electron chi connectivity index (χ4n) is 10.2. The highest BCUT2D eigenvalue weighted by atomic mass is 14.8. The molecule has 0 unspecified atom stereocenters. The smallest absolute Gasteiger partial charge is 0.0972 e. The Morgan fingerprint density at radius 3 is 1.37 bits per heavy atom. The number of hydrogen-bond donors (Lipinski definition) is 0. The van der Waals surface area contributed by atoms with Gasteiger partial charge in [-0.25, -0.2) is 9.97 Å². The van der Waals surface area contributed by atoms with E-state index in [0.717, 1.165) is 44.3 Å². The second-order valence-electron chi connectivity index (χ2n) is 16.4. The van der Waals surface area contributed by atoms with Crippen LogP contribution in [0.25, 0.3) is 132 Å². The SMILES string of the molecule is c1ccc(-c2c3c(c(-c4ccccc4)c4ccccc24)-c2ccc(-c4ccc(-c5ccc6ccc7ccc(-c8cccc9ccccc89)nc7c6n5)cc4)c4cccc-3c24)cc1. The second kappa shape index (κ2) is 13.7. The molecule has 2 aromatic heterocycles. The second-order valence-corrected chi connectivity index (χ2v) is 16.4. The summed E-state index contributed by atoms with van der Waals surface area (Å²) in [5.41, 5.74) is 18.6. The highest BCUT2D eigenvalue weighted by Crippen LogP contribution is 2.58. The summed E-state index contributed by atoms with van der Waals surface area (Å²) < 4.78 is 0. The maximum Gasteiger partial charge on any atom is 0.0972 e. The molecule has 0 amide bonds. The number of rotatable bonds is 5. The fourth-order valence-corrected chi connectivity index (χ4v) is 10.2. The van der Waals surface area contributed by atoms with Crippen molar-refractivity contribution in [3.8, 4) is 78.1 Å². The van der Waals surface area contributed by atoms with E-state index in [-0.39, 0.29) is 0 Å². The first-order chi connectivity index (χ1) is 30.8. The molecule has 0 radical (unpaired) electrons. The van der Waals surface area contributed by atoms with Crippen LogP contribution in [0.15, 0.2) is 218 Å². The predicted octanol–water partition coefficient (Wildman–Crippen LogP) is 16.2. The van der Waals surface area contributed by atoms with Gasteiger partial charge >= 0.3 is 0 Å². The van der Waals surface area contributed by atoms with Crippen LogP contribution in [0, 0.1) is 0 Å². The molecule has 0 aliphatic heterocycles. The van der Waals surface area contributed by atoms with Crippen molar-refractivity contribution in [2.75, 3.05) is 0 Å². The Hall–Kier alpha value is -8.20. The Kier molecular flexibility index (Phi) is 7.64. The number of fused-ring (bicyclic) bond motifs is 8. The first kappa shape index (κ1) is 34.6. The molecule has 10 aromatic carbocycles. The van der Waals surface area contributed by atoms with Crippen molar-refractivity contribution in [3.63, 3.8) is 0 Å². The van der Waals surface area contributed by atoms with Crippen molar-refractivity contribution in [3.05, 3.63) is 218 Å². The van der Waals surface area contributed by atoms with Gasteiger partial charge in [-0.2, -0.15) is 0 Å². The average Bonchev–Trinajstić information content (AvgIpc) is 3.68. The molecule has 0 bridgehead atoms. The lowest BCUT2D eigenvalue weighted by Crippen LogP contribution is -1.93. The summed E-state index contributed by atoms with van der Waals surface area (Å²) in [7, 11) is 0. The predicted molar refractivity (Wildman–Crippen MR) is 261 cm³/mol. The molecule has 0 fully saturated rings. The van der Waals surface area contributed by atoms with Crippen LogP contribution in [-0.2, 0) is 0 Å². The van der Waals surface area contributed by atoms with E-state index in [1.165, 1.54) is 88.0 Å². The van der Waals surface area contributed by atoms with Crippen LogP contribution in [0.5, 0.6) is 0 Å². The first-order valence-electron chi connectivity index (χ1n) is 21.3. The summed E-state index contributed by atoms with van der Waals surface area (Å²) in [5.74, 6) is 0. The van der Waals surface area contributed by atoms with Crippen molar-refractivity contribution in [1.82, 2.24) is 9.97 Å². The third kappa shape index (κ3) is 5.23. The zero-order valence-electron chi connectivity index (χ0n) is 33.7. The van der Waals surface area contributed by atoms with Crippen LogP contribution in [-0.4, -0.2) is 9.97 Å². The minimum atomic E-state index is 0.913. The zero-order chi connectivity index (χ0) is 40.7. The Morgan fingerprint density at radius 2 is 0.694 bits per heavy atom. The number of aromatic nitrogens is 2. The minimum Gasteiger partial charge on any atom is -0.245 e. The summed E-state index contributed by atoms with van der Waals surface area (Å²) in [4.78, 5) is 10.6. The van der Waals surface area contributed by atoms with Gasteiger partial charge in [0.05, 0.1) is 22.4 Å². The molecule has 1 aliphatic rings. The molecule has 0 N–H and O–H groups in total. The molecule has 0 atom stereocenters. The van der Waals surface area contributed by atoms with Crippen molar-refractivity contribution < 1.29 is 0 Å². The highest BCUT2D eigenvalue weighted by molar-refractivity contribution is 6.28. The van der Waals surface area contributed by atoms with Crippen LogP contribution in [0.4, 0.5) is 0 Å². The molecule has 0 spiro atoms. The van der Waals surface area contributed by atoms with Gasteiger partial charge in [0.25, 0.3) is 0 Å². The molecular weight excluding hydrogens is 749 g/mol. The fraction of sp³-hybridized carbons (Fsp3) is 0. The van der Waals surface area contributed by atoms with E-state index in [1.807, 2.05) is 0 Å². The molecule has 2 heteroatoms. The lowest BCUT2D eigenvalue weighted by Gasteiger charge is -2.20. The molecule has 2 nitrogen and oxygen atoms in total. The normalized spacial score (nSPS) is 11.9. The summed E-state index contributed by atoms with van der Waals surface area (Å²) in [5, 5.41) is 9.67. The topological polar surface area (TPSA) is 25.8 Å². The summed E-state index contributed by atoms with van der Waals surface area (Å²) in [6.07, 6.45) is 0. The minimum absolute atomic E-state index is 0.913. The quantitative estimate of drug-likeness (QED) is 0.162. The number of pyridine rings is 2. The van der Waals surface area contributed by atoms with Gasteiger partial charge < -0.3 is 0 Å². The number of benzene rings is 10. The van der Waals surface area contributed by atoms with Crippen molar-refractivity contribution in [2.45, 2.75) is 0 Å². The van der Waals surface area contributed by atoms with E-state index in [4.69, 9.17) is 9.97 Å². The molecule has 0 saturated heterocycles. The molecule has 286 valence electrons. The monoisotopic (exact) mass is 784 g/mol. The lowest BCUT2D eigenvalue weighted by atomic mass is 9.82. The standard InChI is InChI=1S/C60H36N2/c1-3-14-40(15-4-1)54-48-20-9-10-21-49(48)55(41-16-5-2-6-17-41)58-51-34-33-45(47-23-12-24-50(56(47)51)57(54)58)38-25-27-39(28-26-38)52-35-31-42-29-30-43-32-36-53(62-60(43)59(42)61-52)46-22-11-18-37-13-7-8-19-44(37)46/h1-36H. The van der Waals surface area contributed by atoms with E-state index >= 15 is 0 Å². The van der Waals surface area contributed by atoms with Crippen LogP contribution < -0.4 is 0 Å². The summed E-state index contributed by atoms with van der Waals surface area (Å²) in [6, 6.07) is 79.2. The van der Waals surface area contributed by atoms with Gasteiger partial charge in [0.1, 0.15) is 0 Å². The average molecular weight is 785 g/mol. The van der Waals surface area contributed by atoms with E-state index in [1.54, 1.807) is 0 Å². The zero-order valence-corrected chi connectivity index (χ0v) is 33.7. The summed E-state index contributed by atoms with van der Waals surface area (Å²) >= 11 is 0. The molecule has 12 aromatic rings. The molecular formula is C60H36N2. The van der Waals surface area contributed by atoms with Crippen LogP contribution in [0.2, 0.25) is 0 Å². The maximum absolute atomic E-state index is 5.30. The Morgan fingerprint density at radius 1 is 0.226 bits per heavy atom. The largest absolute Gasteiger partial charge is 0.245 e. The van der Waals surface area contributed by atoms with Gasteiger partial charge in [-0.1, -0.05) is 206 Å². The van der Waals surface area contributed by atoms with E-state index < -0.39 is 0 Å². The molecule has 13 rings (SSSR count). The van der Waals surface area contributed by atoms with E-state index in [2.05, 4.69) is 218 Å². The van der Waals surface area contributed by atoms with Gasteiger partial charge in [-0.3, -0.25) is 0 Å². The Labute approximate surface area is 359 Å². The number of nitrogens with zero attached hydrogens (tertiary/aromatic N) is 2. The number of hydrogen-bond acceptors (Lipinski definition) is 2. The van der Waals surface area contributed by atoms with Crippen LogP contribution in [0.3, 0.4) is 0 Å². The van der Waals surface area contributed by atoms with Crippen molar-refractivity contribution >= 4 is 54.1 Å². The molecule has 2 heterocycles. The lowest BCUT2D eigenvalue weighted by molar-refractivity contribution is 1.37. The van der Waals surface area contributed by atoms with Crippen LogP contribution >= 0.6 is 0 Å². The maximum atomic E-state index is 5.30. The van der Waals surface area contributed by atoms with E-state index in [0.29, 0.717) is 0 Å². The van der Waals surface area contributed by atoms with Crippen LogP contribution in [0.1, 0.15) is 0 Å². The van der Waals surface area contributed by atoms with Gasteiger partial charge in [0.15, 0.2) is 0 Å². The van der Waals surface area contributed by atoms with E-state index in [9.17, 15) is 0 Å². The summed E-state index contributed by atoms with van der Waals surface area (Å²) in [6.45, 7) is 0. The molecule has 62 heavy (non-hydrogen) atoms. The third-order valence-electron chi connectivity index (χ3n) is 13.0. The van der Waals surface area contributed by atoms with Crippen molar-refractivity contribution in [1.29, 1.82) is 0 Å². The third-order valence-corrected chi connectivity index (χ3v) is 13.0. The molecule has 1 aliphatic carbocycles. The first-order valence-corrected chi connectivity index (χ1v) is 21.3. The van der Waals surface area contributed by atoms with Gasteiger partial charge in [0.2, 0.25) is 0 Å². The van der Waals surface area contributed by atoms with Crippen molar-refractivity contribution in [2.24, 2.45) is 0 Å². The Bertz CT molecular complexity index is 3680. The Balaban J connectivity index is 0.945. The molecule has 0 saturated carbocycles. The van der Waals surface area contributed by atoms with Gasteiger partial charge in [0, 0.05) is 21.9 Å². The van der Waals surface area contributed by atoms with Gasteiger partial charge in [-0.15, -0.1) is 0 Å². The van der Waals surface area contributed by atoms with Gasteiger partial charge in [-0.05, 0) is 100 Å².